The van der Waals surface area contributed by atoms with Crippen LogP contribution in [0.3, 0.4) is 0 Å². The molecule has 1 aromatic heterocycles. The molecule has 0 radical (unpaired) electrons. The maximum atomic E-state index is 12.8. The number of H-pyrrole nitrogens is 1. The summed E-state index contributed by atoms with van der Waals surface area (Å²) in [4.78, 5) is 12.8. The highest BCUT2D eigenvalue weighted by molar-refractivity contribution is 5.94. The lowest BCUT2D eigenvalue weighted by atomic mass is 10.1. The second-order valence-corrected chi connectivity index (χ2v) is 6.84. The van der Waals surface area contributed by atoms with Gasteiger partial charge in [0.05, 0.1) is 33.1 Å². The molecule has 150 valence electrons. The maximum absolute atomic E-state index is 12.8. The first kappa shape index (κ1) is 18.9. The van der Waals surface area contributed by atoms with Gasteiger partial charge in [0.1, 0.15) is 11.4 Å². The molecule has 0 fully saturated rings. The molecule has 1 amide bonds. The summed E-state index contributed by atoms with van der Waals surface area (Å²) in [6, 6.07) is 13.1. The number of methoxy groups -OCH3 is 3. The van der Waals surface area contributed by atoms with Gasteiger partial charge in [-0.25, -0.2) is 0 Å². The average molecular weight is 393 g/mol. The second kappa shape index (κ2) is 7.87. The smallest absolute Gasteiger partial charge is 0.269 e. The van der Waals surface area contributed by atoms with E-state index in [1.54, 1.807) is 27.4 Å². The number of benzene rings is 2. The lowest BCUT2D eigenvalue weighted by Gasteiger charge is -2.15. The van der Waals surface area contributed by atoms with Gasteiger partial charge in [-0.3, -0.25) is 9.89 Å². The van der Waals surface area contributed by atoms with Crippen LogP contribution in [0.15, 0.2) is 42.5 Å². The van der Waals surface area contributed by atoms with Crippen LogP contribution >= 0.6 is 0 Å². The topological polar surface area (TPSA) is 85.5 Å². The van der Waals surface area contributed by atoms with E-state index < -0.39 is 0 Å². The number of amides is 1. The van der Waals surface area contributed by atoms with E-state index in [1.165, 1.54) is 0 Å². The number of hydrogen-bond acceptors (Lipinski definition) is 5. The van der Waals surface area contributed by atoms with Crippen LogP contribution in [-0.4, -0.2) is 37.4 Å². The molecule has 2 N–H and O–H groups in total. The Bertz CT molecular complexity index is 1040. The van der Waals surface area contributed by atoms with Gasteiger partial charge in [0.15, 0.2) is 11.5 Å². The van der Waals surface area contributed by atoms with Crippen molar-refractivity contribution in [2.45, 2.75) is 18.9 Å². The molecule has 0 spiro atoms. The normalized spacial score (nSPS) is 14.9. The molecule has 0 saturated heterocycles. The van der Waals surface area contributed by atoms with Crippen LogP contribution in [0.25, 0.3) is 11.3 Å². The summed E-state index contributed by atoms with van der Waals surface area (Å²) in [5, 5.41) is 10.2. The summed E-state index contributed by atoms with van der Waals surface area (Å²) in [6.45, 7) is 0. The quantitative estimate of drug-likeness (QED) is 0.669. The highest BCUT2D eigenvalue weighted by atomic mass is 16.5. The lowest BCUT2D eigenvalue weighted by molar-refractivity contribution is 0.0931. The van der Waals surface area contributed by atoms with E-state index in [-0.39, 0.29) is 11.9 Å². The van der Waals surface area contributed by atoms with Gasteiger partial charge in [-0.2, -0.15) is 5.10 Å². The van der Waals surface area contributed by atoms with Crippen molar-refractivity contribution in [3.63, 3.8) is 0 Å². The van der Waals surface area contributed by atoms with Crippen LogP contribution in [-0.2, 0) is 6.42 Å². The van der Waals surface area contributed by atoms with Crippen molar-refractivity contribution >= 4 is 5.91 Å². The third kappa shape index (κ3) is 3.51. The molecule has 1 atom stereocenters. The molecular weight excluding hydrogens is 370 g/mol. The van der Waals surface area contributed by atoms with Crippen LogP contribution in [0.2, 0.25) is 0 Å². The zero-order chi connectivity index (χ0) is 20.4. The van der Waals surface area contributed by atoms with E-state index in [0.29, 0.717) is 28.6 Å². The summed E-state index contributed by atoms with van der Waals surface area (Å²) < 4.78 is 16.2. The second-order valence-electron chi connectivity index (χ2n) is 6.84. The number of carbonyl (C=O) groups excluding carboxylic acids is 1. The number of nitrogens with zero attached hydrogens (tertiary/aromatic N) is 1. The number of aromatic amines is 1. The van der Waals surface area contributed by atoms with Crippen LogP contribution < -0.4 is 19.5 Å². The van der Waals surface area contributed by atoms with Crippen molar-refractivity contribution in [2.75, 3.05) is 21.3 Å². The van der Waals surface area contributed by atoms with Gasteiger partial charge < -0.3 is 19.5 Å². The molecule has 4 rings (SSSR count). The number of hydrogen-bond donors (Lipinski definition) is 2. The molecule has 0 aliphatic heterocycles. The predicted molar refractivity (Wildman–Crippen MR) is 109 cm³/mol. The van der Waals surface area contributed by atoms with Gasteiger partial charge in [-0.05, 0) is 54.3 Å². The van der Waals surface area contributed by atoms with Gasteiger partial charge in [0.25, 0.3) is 5.91 Å². The number of fused-ring (bicyclic) bond motifs is 1. The standard InChI is InChI=1S/C22H23N3O4/c1-27-19-7-5-4-6-14(19)17-12-18(25-24-17)22(26)23-16-9-8-13-10-20(28-2)21(29-3)11-15(13)16/h4-7,10-12,16H,8-9H2,1-3H3,(H,23,26)(H,24,25)/t16-/m1/s1. The van der Waals surface area contributed by atoms with Crippen molar-refractivity contribution in [3.8, 4) is 28.5 Å². The van der Waals surface area contributed by atoms with Crippen molar-refractivity contribution in [3.05, 3.63) is 59.3 Å². The molecule has 7 nitrogen and oxygen atoms in total. The van der Waals surface area contributed by atoms with Crippen molar-refractivity contribution < 1.29 is 19.0 Å². The van der Waals surface area contributed by atoms with Crippen LogP contribution in [0.1, 0.15) is 34.1 Å². The molecule has 3 aromatic rings. The van der Waals surface area contributed by atoms with Crippen molar-refractivity contribution in [1.82, 2.24) is 15.5 Å². The summed E-state index contributed by atoms with van der Waals surface area (Å²) in [7, 11) is 4.84. The van der Waals surface area contributed by atoms with E-state index in [2.05, 4.69) is 15.5 Å². The Labute approximate surface area is 169 Å². The zero-order valence-electron chi connectivity index (χ0n) is 16.6. The van der Waals surface area contributed by atoms with Gasteiger partial charge in [-0.1, -0.05) is 12.1 Å². The number of carbonyl (C=O) groups is 1. The van der Waals surface area contributed by atoms with E-state index in [4.69, 9.17) is 14.2 Å². The van der Waals surface area contributed by atoms with E-state index in [1.807, 2.05) is 36.4 Å². The fraction of sp³-hybridized carbons (Fsp3) is 0.273. The summed E-state index contributed by atoms with van der Waals surface area (Å²) in [5.74, 6) is 1.86. The molecule has 7 heteroatoms. The van der Waals surface area contributed by atoms with Gasteiger partial charge in [0, 0.05) is 5.56 Å². The number of ether oxygens (including phenoxy) is 3. The third-order valence-corrected chi connectivity index (χ3v) is 5.23. The molecule has 1 heterocycles. The predicted octanol–water partition coefficient (Wildman–Crippen LogP) is 3.52. The SMILES string of the molecule is COc1cc2c(cc1OC)[C@H](NC(=O)c1cc(-c3ccccc3OC)n[nH]1)CC2. The monoisotopic (exact) mass is 393 g/mol. The number of rotatable bonds is 6. The Hall–Kier alpha value is -3.48. The highest BCUT2D eigenvalue weighted by Gasteiger charge is 2.27. The Balaban J connectivity index is 1.54. The minimum atomic E-state index is -0.203. The van der Waals surface area contributed by atoms with Crippen LogP contribution in [0.5, 0.6) is 17.2 Å². The third-order valence-electron chi connectivity index (χ3n) is 5.23. The minimum Gasteiger partial charge on any atom is -0.496 e. The summed E-state index contributed by atoms with van der Waals surface area (Å²) in [6.07, 6.45) is 1.70. The Kier molecular flexibility index (Phi) is 5.12. The van der Waals surface area contributed by atoms with Gasteiger partial charge in [-0.15, -0.1) is 0 Å². The molecule has 1 aliphatic rings. The Morgan fingerprint density at radius 3 is 2.52 bits per heavy atom. The number of aryl methyl sites for hydroxylation is 1. The lowest BCUT2D eigenvalue weighted by Crippen LogP contribution is -2.27. The van der Waals surface area contributed by atoms with Crippen molar-refractivity contribution in [2.24, 2.45) is 0 Å². The zero-order valence-corrected chi connectivity index (χ0v) is 16.6. The summed E-state index contributed by atoms with van der Waals surface area (Å²) >= 11 is 0. The fourth-order valence-electron chi connectivity index (χ4n) is 3.75. The number of nitrogens with one attached hydrogen (secondary N) is 2. The molecule has 2 aromatic carbocycles. The fourth-order valence-corrected chi connectivity index (χ4v) is 3.75. The van der Waals surface area contributed by atoms with Crippen LogP contribution in [0.4, 0.5) is 0 Å². The van der Waals surface area contributed by atoms with Crippen LogP contribution in [0, 0.1) is 0 Å². The van der Waals surface area contributed by atoms with Crippen molar-refractivity contribution in [1.29, 1.82) is 0 Å². The molecule has 0 bridgehead atoms. The average Bonchev–Trinajstić information content (AvgIpc) is 3.40. The minimum absolute atomic E-state index is 0.0877. The highest BCUT2D eigenvalue weighted by Crippen LogP contribution is 2.39. The van der Waals surface area contributed by atoms with Gasteiger partial charge >= 0.3 is 0 Å². The van der Waals surface area contributed by atoms with E-state index in [9.17, 15) is 4.79 Å². The first-order chi connectivity index (χ1) is 14.1. The molecule has 0 saturated carbocycles. The number of para-hydroxylation sites is 1. The molecule has 29 heavy (non-hydrogen) atoms. The van der Waals surface area contributed by atoms with Gasteiger partial charge in [0.2, 0.25) is 0 Å². The summed E-state index contributed by atoms with van der Waals surface area (Å²) in [5.41, 5.74) is 4.10. The van der Waals surface area contributed by atoms with E-state index >= 15 is 0 Å². The Morgan fingerprint density at radius 2 is 1.76 bits per heavy atom. The Morgan fingerprint density at radius 1 is 1.03 bits per heavy atom. The first-order valence-corrected chi connectivity index (χ1v) is 9.39. The largest absolute Gasteiger partial charge is 0.496 e. The molecule has 1 aliphatic carbocycles. The maximum Gasteiger partial charge on any atom is 0.269 e. The molecule has 0 unspecified atom stereocenters. The number of aromatic nitrogens is 2. The van der Waals surface area contributed by atoms with E-state index in [0.717, 1.165) is 29.5 Å². The first-order valence-electron chi connectivity index (χ1n) is 9.39. The molecular formula is C22H23N3O4.